The van der Waals surface area contributed by atoms with Gasteiger partial charge < -0.3 is 10.4 Å². The average Bonchev–Trinajstić information content (AvgIpc) is 3.00. The summed E-state index contributed by atoms with van der Waals surface area (Å²) in [6.45, 7) is 2.38. The molecular formula is C15H17ClN2O3S. The molecular weight excluding hydrogens is 324 g/mol. The van der Waals surface area contributed by atoms with Crippen molar-refractivity contribution < 1.29 is 10.0 Å². The molecule has 1 heterocycles. The van der Waals surface area contributed by atoms with E-state index >= 15 is 0 Å². The van der Waals surface area contributed by atoms with E-state index in [1.165, 1.54) is 29.5 Å². The molecule has 7 heteroatoms. The predicted octanol–water partition coefficient (Wildman–Crippen LogP) is 3.91. The molecule has 22 heavy (non-hydrogen) atoms. The number of nitro benzene ring substituents is 1. The molecule has 0 amide bonds. The van der Waals surface area contributed by atoms with E-state index in [1.807, 2.05) is 24.4 Å². The first-order valence-electron chi connectivity index (χ1n) is 6.85. The summed E-state index contributed by atoms with van der Waals surface area (Å²) in [7, 11) is 0. The summed E-state index contributed by atoms with van der Waals surface area (Å²) in [6, 6.07) is 8.24. The van der Waals surface area contributed by atoms with Crippen LogP contribution in [0.4, 0.5) is 5.69 Å². The fraction of sp³-hybridized carbons (Fsp3) is 0.333. The third-order valence-corrected chi connectivity index (χ3v) is 4.67. The van der Waals surface area contributed by atoms with Gasteiger partial charge in [0.15, 0.2) is 0 Å². The average molecular weight is 341 g/mol. The molecule has 2 N–H and O–H groups in total. The Morgan fingerprint density at radius 2 is 2.23 bits per heavy atom. The van der Waals surface area contributed by atoms with Gasteiger partial charge in [0.2, 0.25) is 0 Å². The van der Waals surface area contributed by atoms with Gasteiger partial charge in [-0.1, -0.05) is 17.7 Å². The Balaban J connectivity index is 1.92. The highest BCUT2D eigenvalue weighted by Gasteiger charge is 2.14. The first-order valence-corrected chi connectivity index (χ1v) is 8.11. The highest BCUT2D eigenvalue weighted by molar-refractivity contribution is 7.10. The fourth-order valence-electron chi connectivity index (χ4n) is 2.11. The number of hydrogen-bond donors (Lipinski definition) is 2. The van der Waals surface area contributed by atoms with Crippen LogP contribution in [0.15, 0.2) is 35.7 Å². The lowest BCUT2D eigenvalue weighted by Crippen LogP contribution is -2.27. The Bertz CT molecular complexity index is 634. The van der Waals surface area contributed by atoms with Crippen LogP contribution in [0.2, 0.25) is 5.02 Å². The van der Waals surface area contributed by atoms with Gasteiger partial charge >= 0.3 is 0 Å². The minimum absolute atomic E-state index is 0.0208. The first kappa shape index (κ1) is 16.9. The zero-order chi connectivity index (χ0) is 16.1. The molecule has 0 aliphatic heterocycles. The fourth-order valence-corrected chi connectivity index (χ4v) is 3.02. The summed E-state index contributed by atoms with van der Waals surface area (Å²) in [6.07, 6.45) is 0.0515. The summed E-state index contributed by atoms with van der Waals surface area (Å²) in [5.41, 5.74) is 0.695. The van der Waals surface area contributed by atoms with Crippen molar-refractivity contribution in [2.24, 2.45) is 0 Å². The number of nitrogens with zero attached hydrogens (tertiary/aromatic N) is 1. The molecule has 0 spiro atoms. The van der Waals surface area contributed by atoms with Gasteiger partial charge in [-0.15, -0.1) is 11.3 Å². The molecule has 0 saturated carbocycles. The molecule has 2 atom stereocenters. The van der Waals surface area contributed by atoms with Crippen LogP contribution in [0, 0.1) is 10.1 Å². The number of non-ortho nitro benzene ring substituents is 1. The van der Waals surface area contributed by atoms with E-state index in [-0.39, 0.29) is 11.7 Å². The van der Waals surface area contributed by atoms with Crippen LogP contribution in [0.25, 0.3) is 0 Å². The standard InChI is InChI=1S/C15H17ClN2O3S/c1-10(7-14(19)15-3-2-6-22-15)17-9-11-8-12(18(20)21)4-5-13(11)16/h2-6,8,10,14,17,19H,7,9H2,1H3. The third kappa shape index (κ3) is 4.51. The van der Waals surface area contributed by atoms with Crippen molar-refractivity contribution in [2.75, 3.05) is 0 Å². The Kier molecular flexibility index (Phi) is 5.90. The molecule has 0 bridgehead atoms. The number of aliphatic hydroxyl groups is 1. The van der Waals surface area contributed by atoms with E-state index in [4.69, 9.17) is 11.6 Å². The van der Waals surface area contributed by atoms with Crippen LogP contribution >= 0.6 is 22.9 Å². The molecule has 1 aromatic carbocycles. The van der Waals surface area contributed by atoms with Crippen LogP contribution in [0.3, 0.4) is 0 Å². The normalized spacial score (nSPS) is 13.8. The monoisotopic (exact) mass is 340 g/mol. The highest BCUT2D eigenvalue weighted by atomic mass is 35.5. The van der Waals surface area contributed by atoms with Crippen molar-refractivity contribution >= 4 is 28.6 Å². The maximum absolute atomic E-state index is 10.8. The van der Waals surface area contributed by atoms with Crippen molar-refractivity contribution in [1.82, 2.24) is 5.32 Å². The second-order valence-corrected chi connectivity index (χ2v) is 6.47. The van der Waals surface area contributed by atoms with Crippen LogP contribution in [0.5, 0.6) is 0 Å². The number of nitro groups is 1. The molecule has 5 nitrogen and oxygen atoms in total. The lowest BCUT2D eigenvalue weighted by atomic mass is 10.1. The van der Waals surface area contributed by atoms with E-state index in [0.717, 1.165) is 4.88 Å². The second-order valence-electron chi connectivity index (χ2n) is 5.08. The summed E-state index contributed by atoms with van der Waals surface area (Å²) in [4.78, 5) is 11.3. The van der Waals surface area contributed by atoms with Gasteiger partial charge in [0.05, 0.1) is 11.0 Å². The molecule has 0 fully saturated rings. The smallest absolute Gasteiger partial charge is 0.269 e. The van der Waals surface area contributed by atoms with Crippen molar-refractivity contribution in [3.63, 3.8) is 0 Å². The second kappa shape index (κ2) is 7.69. The van der Waals surface area contributed by atoms with Gasteiger partial charge in [-0.2, -0.15) is 0 Å². The number of halogens is 1. The number of aliphatic hydroxyl groups excluding tert-OH is 1. The lowest BCUT2D eigenvalue weighted by Gasteiger charge is -2.17. The SMILES string of the molecule is CC(CC(O)c1cccs1)NCc1cc([N+](=O)[O-])ccc1Cl. The van der Waals surface area contributed by atoms with Crippen LogP contribution < -0.4 is 5.32 Å². The Labute approximate surface area is 137 Å². The predicted molar refractivity (Wildman–Crippen MR) is 88.3 cm³/mol. The van der Waals surface area contributed by atoms with E-state index in [9.17, 15) is 15.2 Å². The van der Waals surface area contributed by atoms with E-state index in [0.29, 0.717) is 23.6 Å². The van der Waals surface area contributed by atoms with Gasteiger partial charge in [-0.3, -0.25) is 10.1 Å². The molecule has 0 aliphatic rings. The number of benzene rings is 1. The van der Waals surface area contributed by atoms with E-state index in [2.05, 4.69) is 5.32 Å². The first-order chi connectivity index (χ1) is 10.5. The Morgan fingerprint density at radius 1 is 1.45 bits per heavy atom. The van der Waals surface area contributed by atoms with Gasteiger partial charge in [-0.05, 0) is 36.4 Å². The van der Waals surface area contributed by atoms with Gasteiger partial charge in [-0.25, -0.2) is 0 Å². The molecule has 1 aromatic heterocycles. The van der Waals surface area contributed by atoms with Gasteiger partial charge in [0.25, 0.3) is 5.69 Å². The number of hydrogen-bond acceptors (Lipinski definition) is 5. The molecule has 0 aliphatic carbocycles. The summed E-state index contributed by atoms with van der Waals surface area (Å²) >= 11 is 7.58. The summed E-state index contributed by atoms with van der Waals surface area (Å²) < 4.78 is 0. The number of nitrogens with one attached hydrogen (secondary N) is 1. The van der Waals surface area contributed by atoms with Crippen LogP contribution in [-0.4, -0.2) is 16.1 Å². The van der Waals surface area contributed by atoms with Gasteiger partial charge in [0.1, 0.15) is 0 Å². The number of thiophene rings is 1. The van der Waals surface area contributed by atoms with Crippen LogP contribution in [0.1, 0.15) is 29.9 Å². The molecule has 0 saturated heterocycles. The highest BCUT2D eigenvalue weighted by Crippen LogP contribution is 2.24. The zero-order valence-corrected chi connectivity index (χ0v) is 13.6. The van der Waals surface area contributed by atoms with Crippen molar-refractivity contribution in [3.8, 4) is 0 Å². The maximum Gasteiger partial charge on any atom is 0.269 e. The molecule has 0 radical (unpaired) electrons. The quantitative estimate of drug-likeness (QED) is 0.592. The van der Waals surface area contributed by atoms with Crippen molar-refractivity contribution in [1.29, 1.82) is 0 Å². The molecule has 2 rings (SSSR count). The van der Waals surface area contributed by atoms with Gasteiger partial charge in [0, 0.05) is 34.6 Å². The van der Waals surface area contributed by atoms with E-state index in [1.54, 1.807) is 0 Å². The zero-order valence-electron chi connectivity index (χ0n) is 12.0. The Hall–Kier alpha value is -1.47. The van der Waals surface area contributed by atoms with E-state index < -0.39 is 11.0 Å². The van der Waals surface area contributed by atoms with Crippen LogP contribution in [-0.2, 0) is 6.54 Å². The third-order valence-electron chi connectivity index (χ3n) is 3.33. The summed E-state index contributed by atoms with van der Waals surface area (Å²) in [5.74, 6) is 0. The molecule has 2 unspecified atom stereocenters. The lowest BCUT2D eigenvalue weighted by molar-refractivity contribution is -0.384. The molecule has 118 valence electrons. The largest absolute Gasteiger partial charge is 0.388 e. The number of rotatable bonds is 7. The minimum atomic E-state index is -0.511. The molecule has 2 aromatic rings. The maximum atomic E-state index is 10.8. The van der Waals surface area contributed by atoms with Crippen molar-refractivity contribution in [3.05, 3.63) is 61.3 Å². The van der Waals surface area contributed by atoms with Crippen molar-refractivity contribution in [2.45, 2.75) is 32.0 Å². The minimum Gasteiger partial charge on any atom is -0.388 e. The summed E-state index contributed by atoms with van der Waals surface area (Å²) in [5, 5.41) is 26.5. The topological polar surface area (TPSA) is 75.4 Å². The Morgan fingerprint density at radius 3 is 2.86 bits per heavy atom.